The summed E-state index contributed by atoms with van der Waals surface area (Å²) in [6.07, 6.45) is 1.81. The first-order valence-electron chi connectivity index (χ1n) is 5.75. The SMILES string of the molecule is Cc1cc(C)c(C(NN)c2ccn(C)n2)c(F)c1. The monoisotopic (exact) mass is 248 g/mol. The van der Waals surface area contributed by atoms with Crippen LogP contribution >= 0.6 is 0 Å². The minimum atomic E-state index is -0.438. The fourth-order valence-corrected chi connectivity index (χ4v) is 2.20. The third-order valence-electron chi connectivity index (χ3n) is 2.97. The number of nitrogens with one attached hydrogen (secondary N) is 1. The molecule has 0 amide bonds. The van der Waals surface area contributed by atoms with E-state index in [4.69, 9.17) is 5.84 Å². The Kier molecular flexibility index (Phi) is 3.45. The number of halogens is 1. The Balaban J connectivity index is 2.51. The second-order valence-corrected chi connectivity index (χ2v) is 4.49. The van der Waals surface area contributed by atoms with Crippen LogP contribution in [0.4, 0.5) is 4.39 Å². The first-order chi connectivity index (χ1) is 8.52. The van der Waals surface area contributed by atoms with Crippen molar-refractivity contribution in [2.24, 2.45) is 12.9 Å². The molecule has 0 aliphatic heterocycles. The molecule has 1 atom stereocenters. The maximum atomic E-state index is 14.1. The van der Waals surface area contributed by atoms with Crippen molar-refractivity contribution in [2.75, 3.05) is 0 Å². The Morgan fingerprint density at radius 1 is 1.39 bits per heavy atom. The molecule has 0 saturated carbocycles. The average Bonchev–Trinajstić information content (AvgIpc) is 2.69. The highest BCUT2D eigenvalue weighted by molar-refractivity contribution is 5.38. The molecule has 0 radical (unpaired) electrons. The maximum absolute atomic E-state index is 14.1. The van der Waals surface area contributed by atoms with Crippen molar-refractivity contribution in [3.63, 3.8) is 0 Å². The second kappa shape index (κ2) is 4.88. The van der Waals surface area contributed by atoms with Crippen LogP contribution in [-0.2, 0) is 7.05 Å². The summed E-state index contributed by atoms with van der Waals surface area (Å²) in [5, 5.41) is 4.27. The van der Waals surface area contributed by atoms with E-state index in [-0.39, 0.29) is 5.82 Å². The molecule has 0 saturated heterocycles. The average molecular weight is 248 g/mol. The van der Waals surface area contributed by atoms with Crippen LogP contribution in [0.5, 0.6) is 0 Å². The Morgan fingerprint density at radius 2 is 2.11 bits per heavy atom. The first kappa shape index (κ1) is 12.7. The van der Waals surface area contributed by atoms with Gasteiger partial charge in [0.15, 0.2) is 0 Å². The van der Waals surface area contributed by atoms with Crippen LogP contribution < -0.4 is 11.3 Å². The molecule has 0 bridgehead atoms. The molecule has 2 aromatic rings. The van der Waals surface area contributed by atoms with Crippen LogP contribution in [0.25, 0.3) is 0 Å². The van der Waals surface area contributed by atoms with Crippen LogP contribution in [0.1, 0.15) is 28.4 Å². The van der Waals surface area contributed by atoms with Crippen molar-refractivity contribution in [2.45, 2.75) is 19.9 Å². The van der Waals surface area contributed by atoms with Crippen LogP contribution in [0.2, 0.25) is 0 Å². The number of hydrogen-bond donors (Lipinski definition) is 2. The Labute approximate surface area is 106 Å². The van der Waals surface area contributed by atoms with Gasteiger partial charge in [0, 0.05) is 18.8 Å². The van der Waals surface area contributed by atoms with Crippen molar-refractivity contribution in [1.29, 1.82) is 0 Å². The van der Waals surface area contributed by atoms with Crippen molar-refractivity contribution in [3.05, 3.63) is 52.6 Å². The summed E-state index contributed by atoms with van der Waals surface area (Å²) in [5.41, 5.74) is 5.63. The quantitative estimate of drug-likeness (QED) is 0.642. The Morgan fingerprint density at radius 3 is 2.61 bits per heavy atom. The largest absolute Gasteiger partial charge is 0.275 e. The van der Waals surface area contributed by atoms with Gasteiger partial charge in [0.25, 0.3) is 0 Å². The van der Waals surface area contributed by atoms with E-state index in [1.165, 1.54) is 6.07 Å². The van der Waals surface area contributed by atoms with Gasteiger partial charge >= 0.3 is 0 Å². The number of nitrogens with zero attached hydrogens (tertiary/aromatic N) is 2. The highest BCUT2D eigenvalue weighted by atomic mass is 19.1. The molecule has 1 unspecified atom stereocenters. The van der Waals surface area contributed by atoms with Gasteiger partial charge in [0.2, 0.25) is 0 Å². The molecular weight excluding hydrogens is 231 g/mol. The summed E-state index contributed by atoms with van der Waals surface area (Å²) < 4.78 is 15.8. The minimum Gasteiger partial charge on any atom is -0.275 e. The van der Waals surface area contributed by atoms with Crippen LogP contribution in [0.15, 0.2) is 24.4 Å². The van der Waals surface area contributed by atoms with Gasteiger partial charge in [-0.25, -0.2) is 9.82 Å². The lowest BCUT2D eigenvalue weighted by Crippen LogP contribution is -2.30. The highest BCUT2D eigenvalue weighted by Crippen LogP contribution is 2.26. The number of benzene rings is 1. The van der Waals surface area contributed by atoms with E-state index in [1.54, 1.807) is 10.9 Å². The summed E-state index contributed by atoms with van der Waals surface area (Å²) in [5.74, 6) is 5.29. The van der Waals surface area contributed by atoms with Gasteiger partial charge in [-0.05, 0) is 37.1 Å². The van der Waals surface area contributed by atoms with E-state index in [0.717, 1.165) is 11.1 Å². The minimum absolute atomic E-state index is 0.263. The van der Waals surface area contributed by atoms with Crippen molar-refractivity contribution in [1.82, 2.24) is 15.2 Å². The third-order valence-corrected chi connectivity index (χ3v) is 2.97. The summed E-state index contributed by atoms with van der Waals surface area (Å²) >= 11 is 0. The van der Waals surface area contributed by atoms with E-state index in [0.29, 0.717) is 11.3 Å². The van der Waals surface area contributed by atoms with Gasteiger partial charge in [-0.15, -0.1) is 0 Å². The van der Waals surface area contributed by atoms with Crippen LogP contribution in [-0.4, -0.2) is 9.78 Å². The Bertz CT molecular complexity index is 539. The summed E-state index contributed by atoms with van der Waals surface area (Å²) in [6.45, 7) is 3.74. The van der Waals surface area contributed by atoms with E-state index >= 15 is 0 Å². The number of rotatable bonds is 3. The summed E-state index contributed by atoms with van der Waals surface area (Å²) in [6, 6.07) is 4.83. The van der Waals surface area contributed by atoms with Crippen molar-refractivity contribution < 1.29 is 4.39 Å². The van der Waals surface area contributed by atoms with E-state index in [2.05, 4.69) is 10.5 Å². The summed E-state index contributed by atoms with van der Waals surface area (Å²) in [7, 11) is 1.81. The smallest absolute Gasteiger partial charge is 0.128 e. The zero-order valence-corrected chi connectivity index (χ0v) is 10.7. The van der Waals surface area contributed by atoms with Crippen molar-refractivity contribution >= 4 is 0 Å². The molecule has 96 valence electrons. The van der Waals surface area contributed by atoms with Gasteiger partial charge in [0.1, 0.15) is 5.82 Å². The predicted octanol–water partition coefficient (Wildman–Crippen LogP) is 1.73. The molecular formula is C13H17FN4. The topological polar surface area (TPSA) is 55.9 Å². The fraction of sp³-hybridized carbons (Fsp3) is 0.308. The van der Waals surface area contributed by atoms with Crippen molar-refractivity contribution in [3.8, 4) is 0 Å². The molecule has 1 aromatic heterocycles. The van der Waals surface area contributed by atoms with Gasteiger partial charge in [-0.3, -0.25) is 10.5 Å². The molecule has 18 heavy (non-hydrogen) atoms. The van der Waals surface area contributed by atoms with Gasteiger partial charge in [0.05, 0.1) is 11.7 Å². The van der Waals surface area contributed by atoms with E-state index in [1.807, 2.05) is 33.0 Å². The zero-order valence-electron chi connectivity index (χ0n) is 10.7. The third kappa shape index (κ3) is 2.27. The lowest BCUT2D eigenvalue weighted by Gasteiger charge is -2.18. The molecule has 5 heteroatoms. The molecule has 0 aliphatic carbocycles. The number of aryl methyl sites for hydroxylation is 3. The molecule has 0 aliphatic rings. The van der Waals surface area contributed by atoms with Gasteiger partial charge < -0.3 is 0 Å². The molecule has 0 fully saturated rings. The summed E-state index contributed by atoms with van der Waals surface area (Å²) in [4.78, 5) is 0. The standard InChI is InChI=1S/C13H17FN4/c1-8-6-9(2)12(10(14)7-8)13(16-15)11-4-5-18(3)17-11/h4-7,13,16H,15H2,1-3H3. The molecule has 2 rings (SSSR count). The lowest BCUT2D eigenvalue weighted by atomic mass is 9.97. The molecule has 4 nitrogen and oxygen atoms in total. The molecule has 3 N–H and O–H groups in total. The number of hydrazine groups is 1. The maximum Gasteiger partial charge on any atom is 0.128 e. The Hall–Kier alpha value is -1.72. The van der Waals surface area contributed by atoms with Gasteiger partial charge in [-0.2, -0.15) is 5.10 Å². The molecule has 0 spiro atoms. The molecule has 1 aromatic carbocycles. The number of aromatic nitrogens is 2. The van der Waals surface area contributed by atoms with E-state index in [9.17, 15) is 4.39 Å². The van der Waals surface area contributed by atoms with Gasteiger partial charge in [-0.1, -0.05) is 6.07 Å². The number of hydrogen-bond acceptors (Lipinski definition) is 3. The van der Waals surface area contributed by atoms with Crippen LogP contribution in [0, 0.1) is 19.7 Å². The lowest BCUT2D eigenvalue weighted by molar-refractivity contribution is 0.543. The second-order valence-electron chi connectivity index (χ2n) is 4.49. The normalized spacial score (nSPS) is 12.7. The number of nitrogens with two attached hydrogens (primary N) is 1. The zero-order chi connectivity index (χ0) is 13.3. The predicted molar refractivity (Wildman–Crippen MR) is 68.2 cm³/mol. The molecule has 1 heterocycles. The van der Waals surface area contributed by atoms with E-state index < -0.39 is 6.04 Å². The first-order valence-corrected chi connectivity index (χ1v) is 5.75. The van der Waals surface area contributed by atoms with Crippen LogP contribution in [0.3, 0.4) is 0 Å². The highest BCUT2D eigenvalue weighted by Gasteiger charge is 2.21. The fourth-order valence-electron chi connectivity index (χ4n) is 2.20.